The minimum Gasteiger partial charge on any atom is -0.464 e. The molecule has 0 unspecified atom stereocenters. The third-order valence-corrected chi connectivity index (χ3v) is 2.72. The van der Waals surface area contributed by atoms with Gasteiger partial charge >= 0.3 is 5.97 Å². The van der Waals surface area contributed by atoms with Gasteiger partial charge in [-0.15, -0.1) is 0 Å². The summed E-state index contributed by atoms with van der Waals surface area (Å²) < 4.78 is 4.61. The zero-order valence-electron chi connectivity index (χ0n) is 8.96. The summed E-state index contributed by atoms with van der Waals surface area (Å²) in [4.78, 5) is 14.1. The van der Waals surface area contributed by atoms with E-state index in [0.29, 0.717) is 15.7 Å². The summed E-state index contributed by atoms with van der Waals surface area (Å²) in [5.74, 6) is -0.413. The molecule has 0 amide bonds. The van der Waals surface area contributed by atoms with Crippen molar-refractivity contribution in [2.75, 3.05) is 7.11 Å². The first-order chi connectivity index (χ1) is 8.10. The molecule has 0 aliphatic heterocycles. The number of aromatic nitrogens is 1. The molecular weight excluding hydrogens is 261 g/mol. The number of nitrogens with one attached hydrogen (secondary N) is 1. The Labute approximate surface area is 108 Å². The highest BCUT2D eigenvalue weighted by molar-refractivity contribution is 6.35. The van der Waals surface area contributed by atoms with Gasteiger partial charge < -0.3 is 9.72 Å². The zero-order valence-corrected chi connectivity index (χ0v) is 10.5. The number of hydrogen-bond donors (Lipinski definition) is 1. The third-order valence-electron chi connectivity index (χ3n) is 2.28. The van der Waals surface area contributed by atoms with Crippen molar-refractivity contribution in [3.05, 3.63) is 46.2 Å². The Morgan fingerprint density at radius 2 is 1.76 bits per heavy atom. The number of rotatable bonds is 2. The number of methoxy groups -OCH3 is 1. The lowest BCUT2D eigenvalue weighted by atomic mass is 10.1. The van der Waals surface area contributed by atoms with Gasteiger partial charge in [-0.05, 0) is 29.8 Å². The van der Waals surface area contributed by atoms with Crippen molar-refractivity contribution in [3.8, 4) is 11.1 Å². The van der Waals surface area contributed by atoms with Gasteiger partial charge in [0.25, 0.3) is 0 Å². The number of carbonyl (C=O) groups excluding carboxylic acids is 1. The Morgan fingerprint density at radius 3 is 2.35 bits per heavy atom. The molecule has 1 aromatic heterocycles. The van der Waals surface area contributed by atoms with Crippen LogP contribution < -0.4 is 0 Å². The molecule has 2 aromatic rings. The molecule has 2 rings (SSSR count). The second-order valence-electron chi connectivity index (χ2n) is 3.45. The van der Waals surface area contributed by atoms with Crippen LogP contribution >= 0.6 is 23.2 Å². The summed E-state index contributed by atoms with van der Waals surface area (Å²) in [5.41, 5.74) is 2.06. The lowest BCUT2D eigenvalue weighted by molar-refractivity contribution is 0.0595. The van der Waals surface area contributed by atoms with Gasteiger partial charge in [0.15, 0.2) is 0 Å². The van der Waals surface area contributed by atoms with E-state index in [0.717, 1.165) is 11.1 Å². The average Bonchev–Trinajstić information content (AvgIpc) is 2.76. The fourth-order valence-corrected chi connectivity index (χ4v) is 2.04. The molecule has 0 spiro atoms. The second-order valence-corrected chi connectivity index (χ2v) is 4.32. The maximum Gasteiger partial charge on any atom is 0.354 e. The van der Waals surface area contributed by atoms with E-state index in [1.165, 1.54) is 7.11 Å². The van der Waals surface area contributed by atoms with E-state index >= 15 is 0 Å². The first kappa shape index (κ1) is 12.0. The third kappa shape index (κ3) is 2.62. The summed E-state index contributed by atoms with van der Waals surface area (Å²) >= 11 is 11.8. The number of carbonyl (C=O) groups is 1. The fraction of sp³-hybridized carbons (Fsp3) is 0.0833. The molecule has 88 valence electrons. The molecule has 1 aromatic carbocycles. The molecule has 0 aliphatic carbocycles. The molecule has 17 heavy (non-hydrogen) atoms. The van der Waals surface area contributed by atoms with Crippen LogP contribution in [0.5, 0.6) is 0 Å². The van der Waals surface area contributed by atoms with E-state index in [4.69, 9.17) is 23.2 Å². The maximum atomic E-state index is 11.3. The molecule has 3 nitrogen and oxygen atoms in total. The lowest BCUT2D eigenvalue weighted by Gasteiger charge is -1.99. The monoisotopic (exact) mass is 269 g/mol. The van der Waals surface area contributed by atoms with Crippen LogP contribution in [0.2, 0.25) is 10.0 Å². The molecule has 0 saturated carbocycles. The average molecular weight is 270 g/mol. The van der Waals surface area contributed by atoms with E-state index in [9.17, 15) is 4.79 Å². The van der Waals surface area contributed by atoms with Crippen LogP contribution in [-0.2, 0) is 4.74 Å². The number of esters is 1. The first-order valence-electron chi connectivity index (χ1n) is 4.83. The van der Waals surface area contributed by atoms with Crippen molar-refractivity contribution in [1.82, 2.24) is 4.98 Å². The van der Waals surface area contributed by atoms with Crippen LogP contribution in [0.15, 0.2) is 30.5 Å². The topological polar surface area (TPSA) is 42.1 Å². The van der Waals surface area contributed by atoms with Gasteiger partial charge in [-0.3, -0.25) is 0 Å². The van der Waals surface area contributed by atoms with E-state index in [-0.39, 0.29) is 0 Å². The van der Waals surface area contributed by atoms with Crippen molar-refractivity contribution in [2.24, 2.45) is 0 Å². The van der Waals surface area contributed by atoms with E-state index < -0.39 is 5.97 Å². The molecule has 0 bridgehead atoms. The summed E-state index contributed by atoms with van der Waals surface area (Å²) in [7, 11) is 1.33. The highest BCUT2D eigenvalue weighted by Crippen LogP contribution is 2.27. The van der Waals surface area contributed by atoms with Gasteiger partial charge in [-0.1, -0.05) is 23.2 Å². The molecule has 0 radical (unpaired) electrons. The minimum atomic E-state index is -0.413. The van der Waals surface area contributed by atoms with Crippen molar-refractivity contribution in [1.29, 1.82) is 0 Å². The van der Waals surface area contributed by atoms with Crippen LogP contribution in [0.1, 0.15) is 10.5 Å². The molecule has 0 atom stereocenters. The Morgan fingerprint density at radius 1 is 1.12 bits per heavy atom. The van der Waals surface area contributed by atoms with Gasteiger partial charge in [0.1, 0.15) is 5.69 Å². The minimum absolute atomic E-state index is 0.388. The Balaban J connectivity index is 2.40. The maximum absolute atomic E-state index is 11.3. The Hall–Kier alpha value is -1.45. The Bertz CT molecular complexity index is 543. The predicted molar refractivity (Wildman–Crippen MR) is 67.6 cm³/mol. The molecule has 1 N–H and O–H groups in total. The van der Waals surface area contributed by atoms with Gasteiger partial charge in [-0.2, -0.15) is 0 Å². The SMILES string of the molecule is COC(=O)c1cc(-c2cc(Cl)cc(Cl)c2)c[nH]1. The van der Waals surface area contributed by atoms with Gasteiger partial charge in [0.2, 0.25) is 0 Å². The molecular formula is C12H9Cl2NO2. The largest absolute Gasteiger partial charge is 0.464 e. The van der Waals surface area contributed by atoms with Crippen molar-refractivity contribution in [3.63, 3.8) is 0 Å². The van der Waals surface area contributed by atoms with Crippen molar-refractivity contribution >= 4 is 29.2 Å². The fourth-order valence-electron chi connectivity index (χ4n) is 1.51. The van der Waals surface area contributed by atoms with Gasteiger partial charge in [0.05, 0.1) is 7.11 Å². The predicted octanol–water partition coefficient (Wildman–Crippen LogP) is 3.78. The van der Waals surface area contributed by atoms with E-state index in [2.05, 4.69) is 9.72 Å². The first-order valence-corrected chi connectivity index (χ1v) is 5.59. The van der Waals surface area contributed by atoms with Gasteiger partial charge in [-0.25, -0.2) is 4.79 Å². The molecule has 0 aliphatic rings. The number of aromatic amines is 1. The molecule has 0 fully saturated rings. The molecule has 1 heterocycles. The number of benzene rings is 1. The molecule has 5 heteroatoms. The standard InChI is InChI=1S/C12H9Cl2NO2/c1-17-12(16)11-4-8(6-15-11)7-2-9(13)5-10(14)3-7/h2-6,15H,1H3. The van der Waals surface area contributed by atoms with E-state index in [1.807, 2.05) is 0 Å². The summed E-state index contributed by atoms with van der Waals surface area (Å²) in [6, 6.07) is 6.89. The van der Waals surface area contributed by atoms with Crippen LogP contribution in [0.4, 0.5) is 0 Å². The summed E-state index contributed by atoms with van der Waals surface area (Å²) in [6.07, 6.45) is 1.70. The van der Waals surface area contributed by atoms with Crippen molar-refractivity contribution < 1.29 is 9.53 Å². The van der Waals surface area contributed by atoms with Crippen LogP contribution in [-0.4, -0.2) is 18.1 Å². The second kappa shape index (κ2) is 4.82. The lowest BCUT2D eigenvalue weighted by Crippen LogP contribution is -2.00. The van der Waals surface area contributed by atoms with Gasteiger partial charge in [0, 0.05) is 21.8 Å². The molecule has 0 saturated heterocycles. The summed E-state index contributed by atoms with van der Waals surface area (Å²) in [5, 5.41) is 1.10. The number of H-pyrrole nitrogens is 1. The zero-order chi connectivity index (χ0) is 12.4. The smallest absolute Gasteiger partial charge is 0.354 e. The number of ether oxygens (including phenoxy) is 1. The van der Waals surface area contributed by atoms with Crippen LogP contribution in [0, 0.1) is 0 Å². The van der Waals surface area contributed by atoms with Crippen LogP contribution in [0.25, 0.3) is 11.1 Å². The Kier molecular flexibility index (Phi) is 3.41. The normalized spacial score (nSPS) is 10.3. The van der Waals surface area contributed by atoms with E-state index in [1.54, 1.807) is 30.5 Å². The van der Waals surface area contributed by atoms with Crippen LogP contribution in [0.3, 0.4) is 0 Å². The van der Waals surface area contributed by atoms with Crippen molar-refractivity contribution in [2.45, 2.75) is 0 Å². The highest BCUT2D eigenvalue weighted by atomic mass is 35.5. The number of hydrogen-bond acceptors (Lipinski definition) is 2. The quantitative estimate of drug-likeness (QED) is 0.844. The summed E-state index contributed by atoms with van der Waals surface area (Å²) in [6.45, 7) is 0. The number of halogens is 2. The highest BCUT2D eigenvalue weighted by Gasteiger charge is 2.10.